The van der Waals surface area contributed by atoms with E-state index in [0.29, 0.717) is 18.5 Å². The van der Waals surface area contributed by atoms with Crippen molar-refractivity contribution in [2.45, 2.75) is 156 Å². The zero-order chi connectivity index (χ0) is 32.8. The average molecular weight is 616 g/mol. The molecule has 0 spiro atoms. The fourth-order valence-electron chi connectivity index (χ4n) is 7.22. The molecule has 4 amide bonds. The molecule has 0 aromatic heterocycles. The van der Waals surface area contributed by atoms with Gasteiger partial charge in [0.05, 0.1) is 12.1 Å². The van der Waals surface area contributed by atoms with E-state index in [9.17, 15) is 19.2 Å². The maximum atomic E-state index is 14.1. The van der Waals surface area contributed by atoms with Gasteiger partial charge in [-0.3, -0.25) is 24.1 Å². The van der Waals surface area contributed by atoms with Crippen molar-refractivity contribution in [3.63, 3.8) is 0 Å². The van der Waals surface area contributed by atoms with Crippen molar-refractivity contribution in [3.8, 4) is 0 Å². The van der Waals surface area contributed by atoms with Crippen molar-refractivity contribution in [1.29, 1.82) is 0 Å². The molecule has 4 atom stereocenters. The van der Waals surface area contributed by atoms with E-state index in [1.54, 1.807) is 23.8 Å². The summed E-state index contributed by atoms with van der Waals surface area (Å²) in [6.07, 6.45) is 11.7. The zero-order valence-electron chi connectivity index (χ0n) is 29.1. The Morgan fingerprint density at radius 2 is 1.43 bits per heavy atom. The fourth-order valence-corrected chi connectivity index (χ4v) is 7.22. The highest BCUT2D eigenvalue weighted by Crippen LogP contribution is 2.27. The second-order valence-electron chi connectivity index (χ2n) is 15.2. The van der Waals surface area contributed by atoms with E-state index >= 15 is 0 Å². The highest BCUT2D eigenvalue weighted by atomic mass is 16.2. The van der Waals surface area contributed by atoms with Crippen molar-refractivity contribution in [2.24, 2.45) is 11.3 Å². The smallest absolute Gasteiger partial charge is 0.249 e. The number of piperidine rings is 1. The van der Waals surface area contributed by atoms with Crippen LogP contribution in [0.25, 0.3) is 0 Å². The van der Waals surface area contributed by atoms with Crippen LogP contribution in [0.2, 0.25) is 0 Å². The fraction of sp³-hybridized carbons (Fsp3) is 0.829. The summed E-state index contributed by atoms with van der Waals surface area (Å²) in [5.74, 6) is -0.416. The first-order chi connectivity index (χ1) is 20.6. The van der Waals surface area contributed by atoms with E-state index in [1.807, 2.05) is 40.7 Å². The Hall–Kier alpha value is -2.42. The predicted octanol–water partition coefficient (Wildman–Crippen LogP) is 4.65. The third-order valence-electron chi connectivity index (χ3n) is 9.91. The highest BCUT2D eigenvalue weighted by Gasteiger charge is 2.40. The van der Waals surface area contributed by atoms with Gasteiger partial charge in [-0.1, -0.05) is 66.4 Å². The van der Waals surface area contributed by atoms with Gasteiger partial charge in [0.2, 0.25) is 23.6 Å². The van der Waals surface area contributed by atoms with E-state index in [0.717, 1.165) is 57.9 Å². The van der Waals surface area contributed by atoms with Crippen molar-refractivity contribution in [2.75, 3.05) is 20.1 Å². The number of amides is 4. The van der Waals surface area contributed by atoms with Gasteiger partial charge in [-0.25, -0.2) is 0 Å². The van der Waals surface area contributed by atoms with E-state index in [-0.39, 0.29) is 53.7 Å². The maximum absolute atomic E-state index is 14.1. The summed E-state index contributed by atoms with van der Waals surface area (Å²) in [5.41, 5.74) is 0.0231. The molecule has 9 heteroatoms. The van der Waals surface area contributed by atoms with Crippen molar-refractivity contribution in [1.82, 2.24) is 25.3 Å². The van der Waals surface area contributed by atoms with Crippen LogP contribution in [0.15, 0.2) is 11.6 Å². The standard InChI is InChI=1S/C35H61N5O4/c1-23(2)29(22-25(5)33(43)40-21-15-19-28(40)31(41)36-26-16-11-10-12-17-26)38(9)34(44)30(35(6,7)8)37-32(42)27-18-13-14-20-39(27)24(3)4/h22-24,26-30H,10-21H2,1-9H3,(H,36,41)(H,37,42)/b25-22+. The first kappa shape index (κ1) is 36.1. The molecule has 2 saturated heterocycles. The van der Waals surface area contributed by atoms with Crippen molar-refractivity contribution in [3.05, 3.63) is 11.6 Å². The number of carbonyl (C=O) groups excluding carboxylic acids is 4. The number of carbonyl (C=O) groups is 4. The lowest BCUT2D eigenvalue weighted by atomic mass is 9.84. The second kappa shape index (κ2) is 15.7. The zero-order valence-corrected chi connectivity index (χ0v) is 29.1. The molecule has 250 valence electrons. The Morgan fingerprint density at radius 3 is 2.02 bits per heavy atom. The molecular formula is C35H61N5O4. The largest absolute Gasteiger partial charge is 0.352 e. The number of nitrogens with one attached hydrogen (secondary N) is 2. The van der Waals surface area contributed by atoms with Crippen LogP contribution in [0.4, 0.5) is 0 Å². The predicted molar refractivity (Wildman–Crippen MR) is 176 cm³/mol. The molecule has 0 bridgehead atoms. The molecule has 1 aliphatic carbocycles. The lowest BCUT2D eigenvalue weighted by Gasteiger charge is -2.41. The van der Waals surface area contributed by atoms with Crippen LogP contribution < -0.4 is 10.6 Å². The van der Waals surface area contributed by atoms with Crippen LogP contribution in [-0.2, 0) is 19.2 Å². The monoisotopic (exact) mass is 615 g/mol. The quantitative estimate of drug-likeness (QED) is 0.349. The lowest BCUT2D eigenvalue weighted by Crippen LogP contribution is -2.60. The number of likely N-dealkylation sites (N-methyl/N-ethyl adjacent to an activating group) is 1. The van der Waals surface area contributed by atoms with Crippen LogP contribution >= 0.6 is 0 Å². The number of rotatable bonds is 10. The van der Waals surface area contributed by atoms with Gasteiger partial charge >= 0.3 is 0 Å². The topological polar surface area (TPSA) is 102 Å². The number of nitrogens with zero attached hydrogens (tertiary/aromatic N) is 3. The van der Waals surface area contributed by atoms with Crippen LogP contribution in [0.3, 0.4) is 0 Å². The van der Waals surface area contributed by atoms with E-state index < -0.39 is 17.5 Å². The SMILES string of the molecule is C/C(=C\C(C(C)C)N(C)C(=O)C(NC(=O)C1CCCCN1C(C)C)C(C)(C)C)C(=O)N1CCCC1C(=O)NC1CCCCC1. The van der Waals surface area contributed by atoms with Gasteiger partial charge in [0.15, 0.2) is 0 Å². The Labute approximate surface area is 266 Å². The van der Waals surface area contributed by atoms with Gasteiger partial charge in [-0.2, -0.15) is 0 Å². The number of hydrogen-bond donors (Lipinski definition) is 2. The molecule has 2 aliphatic heterocycles. The van der Waals surface area contributed by atoms with Crippen LogP contribution in [0, 0.1) is 11.3 Å². The Balaban J connectivity index is 1.75. The summed E-state index contributed by atoms with van der Waals surface area (Å²) in [6, 6.07) is -1.30. The van der Waals surface area contributed by atoms with Crippen molar-refractivity contribution >= 4 is 23.6 Å². The normalized spacial score (nSPS) is 23.9. The first-order valence-corrected chi connectivity index (χ1v) is 17.3. The molecule has 3 fully saturated rings. The van der Waals surface area contributed by atoms with Crippen LogP contribution in [0.5, 0.6) is 0 Å². The Morgan fingerprint density at radius 1 is 0.818 bits per heavy atom. The van der Waals surface area contributed by atoms with E-state index in [4.69, 9.17) is 0 Å². The minimum absolute atomic E-state index is 0.0294. The molecule has 2 N–H and O–H groups in total. The maximum Gasteiger partial charge on any atom is 0.249 e. The van der Waals surface area contributed by atoms with Gasteiger partial charge in [-0.05, 0) is 77.2 Å². The van der Waals surface area contributed by atoms with Gasteiger partial charge in [0, 0.05) is 31.2 Å². The highest BCUT2D eigenvalue weighted by molar-refractivity contribution is 5.97. The molecule has 44 heavy (non-hydrogen) atoms. The molecule has 0 aromatic carbocycles. The van der Waals surface area contributed by atoms with E-state index in [2.05, 4.69) is 29.4 Å². The summed E-state index contributed by atoms with van der Waals surface area (Å²) in [7, 11) is 1.77. The van der Waals surface area contributed by atoms with Gasteiger partial charge < -0.3 is 20.4 Å². The van der Waals surface area contributed by atoms with Gasteiger partial charge in [0.1, 0.15) is 12.1 Å². The molecule has 2 heterocycles. The van der Waals surface area contributed by atoms with E-state index in [1.165, 1.54) is 6.42 Å². The molecular weight excluding hydrogens is 554 g/mol. The van der Waals surface area contributed by atoms with Crippen LogP contribution in [0.1, 0.15) is 120 Å². The average Bonchev–Trinajstić information content (AvgIpc) is 3.47. The molecule has 9 nitrogen and oxygen atoms in total. The minimum atomic E-state index is -0.715. The summed E-state index contributed by atoms with van der Waals surface area (Å²) in [4.78, 5) is 60.3. The Bertz CT molecular complexity index is 1040. The summed E-state index contributed by atoms with van der Waals surface area (Å²) < 4.78 is 0. The van der Waals surface area contributed by atoms with Crippen molar-refractivity contribution < 1.29 is 19.2 Å². The molecule has 3 aliphatic rings. The number of likely N-dealkylation sites (tertiary alicyclic amines) is 2. The molecule has 0 radical (unpaired) electrons. The number of hydrogen-bond acceptors (Lipinski definition) is 5. The van der Waals surface area contributed by atoms with Gasteiger partial charge in [0.25, 0.3) is 0 Å². The van der Waals surface area contributed by atoms with Crippen LogP contribution in [-0.4, -0.2) is 94.7 Å². The molecule has 0 aromatic rings. The van der Waals surface area contributed by atoms with Gasteiger partial charge in [-0.15, -0.1) is 0 Å². The molecule has 1 saturated carbocycles. The lowest BCUT2D eigenvalue weighted by molar-refractivity contribution is -0.142. The first-order valence-electron chi connectivity index (χ1n) is 17.3. The third-order valence-corrected chi connectivity index (χ3v) is 9.91. The summed E-state index contributed by atoms with van der Waals surface area (Å²) in [5, 5.41) is 6.35. The third kappa shape index (κ3) is 9.07. The molecule has 4 unspecified atom stereocenters. The minimum Gasteiger partial charge on any atom is -0.352 e. The Kier molecular flexibility index (Phi) is 12.9. The summed E-state index contributed by atoms with van der Waals surface area (Å²) >= 11 is 0. The summed E-state index contributed by atoms with van der Waals surface area (Å²) in [6.45, 7) is 17.5. The molecule has 3 rings (SSSR count). The second-order valence-corrected chi connectivity index (χ2v) is 15.2.